The van der Waals surface area contributed by atoms with Crippen molar-refractivity contribution in [1.82, 2.24) is 24.5 Å². The predicted molar refractivity (Wildman–Crippen MR) is 108 cm³/mol. The molecule has 0 aliphatic heterocycles. The molecule has 9 heteroatoms. The Morgan fingerprint density at radius 1 is 1.20 bits per heavy atom. The Kier molecular flexibility index (Phi) is 5.25. The summed E-state index contributed by atoms with van der Waals surface area (Å²) in [6.45, 7) is 2.32. The Bertz CT molecular complexity index is 1170. The Morgan fingerprint density at radius 2 is 2.00 bits per heavy atom. The number of hydrogen-bond donors (Lipinski definition) is 1. The summed E-state index contributed by atoms with van der Waals surface area (Å²) in [6, 6.07) is 13.0. The number of aromatic nitrogens is 5. The van der Waals surface area contributed by atoms with Crippen molar-refractivity contribution in [3.05, 3.63) is 83.8 Å². The van der Waals surface area contributed by atoms with E-state index in [0.717, 1.165) is 5.56 Å². The number of carbonyl (C=O) groups excluding carboxylic acids is 1. The molecule has 30 heavy (non-hydrogen) atoms. The zero-order valence-corrected chi connectivity index (χ0v) is 16.4. The minimum Gasteiger partial charge on any atom is -0.437 e. The molecule has 2 heterocycles. The molecule has 1 amide bonds. The summed E-state index contributed by atoms with van der Waals surface area (Å²) in [5.74, 6) is -0.0920. The van der Waals surface area contributed by atoms with Crippen molar-refractivity contribution in [2.45, 2.75) is 13.5 Å². The molecule has 0 aliphatic rings. The van der Waals surface area contributed by atoms with Gasteiger partial charge in [-0.15, -0.1) is 0 Å². The SMILES string of the molecule is Cc1nn(C)c(Oc2cccc(F)c2)c1NC(=O)c1ccc(Cn2cncn2)cc1. The van der Waals surface area contributed by atoms with Gasteiger partial charge in [-0.3, -0.25) is 4.79 Å². The summed E-state index contributed by atoms with van der Waals surface area (Å²) in [7, 11) is 1.69. The van der Waals surface area contributed by atoms with E-state index < -0.39 is 5.82 Å². The van der Waals surface area contributed by atoms with E-state index in [1.165, 1.54) is 23.1 Å². The average Bonchev–Trinajstić information content (AvgIpc) is 3.32. The highest BCUT2D eigenvalue weighted by Crippen LogP contribution is 2.32. The van der Waals surface area contributed by atoms with E-state index in [2.05, 4.69) is 20.5 Å². The quantitative estimate of drug-likeness (QED) is 0.529. The minimum atomic E-state index is -0.414. The summed E-state index contributed by atoms with van der Waals surface area (Å²) >= 11 is 0. The summed E-state index contributed by atoms with van der Waals surface area (Å²) in [5, 5.41) is 11.2. The number of ether oxygens (including phenoxy) is 1. The smallest absolute Gasteiger partial charge is 0.255 e. The molecular formula is C21H19FN6O2. The summed E-state index contributed by atoms with van der Waals surface area (Å²) < 4.78 is 22.5. The van der Waals surface area contributed by atoms with Crippen LogP contribution in [0.4, 0.5) is 10.1 Å². The third kappa shape index (κ3) is 4.19. The summed E-state index contributed by atoms with van der Waals surface area (Å²) in [6.07, 6.45) is 3.10. The molecule has 4 rings (SSSR count). The van der Waals surface area contributed by atoms with Crippen LogP contribution in [0.5, 0.6) is 11.6 Å². The van der Waals surface area contributed by atoms with Crippen LogP contribution in [0.25, 0.3) is 0 Å². The van der Waals surface area contributed by atoms with E-state index in [-0.39, 0.29) is 5.91 Å². The first-order valence-electron chi connectivity index (χ1n) is 9.19. The second-order valence-electron chi connectivity index (χ2n) is 6.69. The maximum Gasteiger partial charge on any atom is 0.255 e. The van der Waals surface area contributed by atoms with Gasteiger partial charge in [-0.05, 0) is 36.8 Å². The predicted octanol–water partition coefficient (Wildman–Crippen LogP) is 3.55. The fraction of sp³-hybridized carbons (Fsp3) is 0.143. The number of amides is 1. The monoisotopic (exact) mass is 406 g/mol. The molecule has 2 aromatic heterocycles. The topological polar surface area (TPSA) is 86.9 Å². The number of nitrogens with one attached hydrogen (secondary N) is 1. The fourth-order valence-corrected chi connectivity index (χ4v) is 2.99. The van der Waals surface area contributed by atoms with Gasteiger partial charge < -0.3 is 10.1 Å². The van der Waals surface area contributed by atoms with Gasteiger partial charge in [-0.25, -0.2) is 18.7 Å². The third-order valence-electron chi connectivity index (χ3n) is 4.45. The molecule has 4 aromatic rings. The van der Waals surface area contributed by atoms with Crippen LogP contribution in [0.2, 0.25) is 0 Å². The lowest BCUT2D eigenvalue weighted by Gasteiger charge is -2.10. The standard InChI is InChI=1S/C21H19FN6O2/c1-14-19(21(27(2)26-14)30-18-5-3-4-17(22)10-18)25-20(29)16-8-6-15(7-9-16)11-28-13-23-12-24-28/h3-10,12-13H,11H2,1-2H3,(H,25,29). The van der Waals surface area contributed by atoms with Crippen LogP contribution in [-0.2, 0) is 13.6 Å². The number of hydrogen-bond acceptors (Lipinski definition) is 5. The first kappa shape index (κ1) is 19.3. The van der Waals surface area contributed by atoms with Gasteiger partial charge in [0.15, 0.2) is 0 Å². The first-order valence-corrected chi connectivity index (χ1v) is 9.19. The van der Waals surface area contributed by atoms with E-state index in [4.69, 9.17) is 4.74 Å². The molecule has 0 fully saturated rings. The maximum absolute atomic E-state index is 13.5. The zero-order chi connectivity index (χ0) is 21.1. The van der Waals surface area contributed by atoms with Gasteiger partial charge in [0, 0.05) is 18.7 Å². The van der Waals surface area contributed by atoms with Crippen LogP contribution >= 0.6 is 0 Å². The highest BCUT2D eigenvalue weighted by atomic mass is 19.1. The Morgan fingerprint density at radius 3 is 2.70 bits per heavy atom. The maximum atomic E-state index is 13.5. The number of anilines is 1. The largest absolute Gasteiger partial charge is 0.437 e. The highest BCUT2D eigenvalue weighted by molar-refractivity contribution is 6.05. The van der Waals surface area contributed by atoms with Crippen LogP contribution in [0.1, 0.15) is 21.6 Å². The first-order chi connectivity index (χ1) is 14.5. The highest BCUT2D eigenvalue weighted by Gasteiger charge is 2.19. The second-order valence-corrected chi connectivity index (χ2v) is 6.69. The van der Waals surface area contributed by atoms with Gasteiger partial charge in [0.1, 0.15) is 29.9 Å². The van der Waals surface area contributed by atoms with E-state index in [1.54, 1.807) is 49.2 Å². The number of nitrogens with zero attached hydrogens (tertiary/aromatic N) is 5. The van der Waals surface area contributed by atoms with Crippen molar-refractivity contribution in [3.63, 3.8) is 0 Å². The van der Waals surface area contributed by atoms with Gasteiger partial charge in [0.05, 0.1) is 12.2 Å². The Hall–Kier alpha value is -4.01. The van der Waals surface area contributed by atoms with E-state index in [1.807, 2.05) is 12.1 Å². The van der Waals surface area contributed by atoms with E-state index in [9.17, 15) is 9.18 Å². The lowest BCUT2D eigenvalue weighted by Crippen LogP contribution is -2.13. The Balaban J connectivity index is 1.51. The van der Waals surface area contributed by atoms with Gasteiger partial charge in [-0.1, -0.05) is 18.2 Å². The number of carbonyl (C=O) groups is 1. The van der Waals surface area contributed by atoms with Crippen LogP contribution in [0.3, 0.4) is 0 Å². The van der Waals surface area contributed by atoms with Crippen molar-refractivity contribution in [3.8, 4) is 11.6 Å². The molecule has 0 bridgehead atoms. The lowest BCUT2D eigenvalue weighted by atomic mass is 10.1. The van der Waals surface area contributed by atoms with Crippen molar-refractivity contribution in [2.75, 3.05) is 5.32 Å². The van der Waals surface area contributed by atoms with Crippen LogP contribution in [0.15, 0.2) is 61.2 Å². The molecule has 1 N–H and O–H groups in total. The Labute approximate surface area is 171 Å². The van der Waals surface area contributed by atoms with Crippen LogP contribution in [0, 0.1) is 12.7 Å². The van der Waals surface area contributed by atoms with Crippen molar-refractivity contribution in [2.24, 2.45) is 7.05 Å². The van der Waals surface area contributed by atoms with Crippen molar-refractivity contribution >= 4 is 11.6 Å². The molecule has 0 saturated heterocycles. The van der Waals surface area contributed by atoms with Crippen molar-refractivity contribution < 1.29 is 13.9 Å². The molecule has 0 radical (unpaired) electrons. The molecule has 2 aromatic carbocycles. The average molecular weight is 406 g/mol. The third-order valence-corrected chi connectivity index (χ3v) is 4.45. The van der Waals surface area contributed by atoms with Crippen molar-refractivity contribution in [1.29, 1.82) is 0 Å². The number of rotatable bonds is 6. The second kappa shape index (κ2) is 8.16. The minimum absolute atomic E-state index is 0.303. The van der Waals surface area contributed by atoms with Gasteiger partial charge in [0.2, 0.25) is 5.88 Å². The molecule has 0 aliphatic carbocycles. The summed E-state index contributed by atoms with van der Waals surface area (Å²) in [4.78, 5) is 16.7. The van der Waals surface area contributed by atoms with Crippen LogP contribution < -0.4 is 10.1 Å². The lowest BCUT2D eigenvalue weighted by molar-refractivity contribution is 0.102. The van der Waals surface area contributed by atoms with Gasteiger partial charge >= 0.3 is 0 Å². The molecule has 0 saturated carbocycles. The van der Waals surface area contributed by atoms with Gasteiger partial charge in [0.25, 0.3) is 5.91 Å². The molecular weight excluding hydrogens is 387 g/mol. The molecule has 8 nitrogen and oxygen atoms in total. The molecule has 0 spiro atoms. The molecule has 0 atom stereocenters. The fourth-order valence-electron chi connectivity index (χ4n) is 2.99. The van der Waals surface area contributed by atoms with E-state index >= 15 is 0 Å². The number of aryl methyl sites for hydroxylation is 2. The number of halogens is 1. The van der Waals surface area contributed by atoms with Crippen LogP contribution in [-0.4, -0.2) is 30.5 Å². The zero-order valence-electron chi connectivity index (χ0n) is 16.4. The van der Waals surface area contributed by atoms with E-state index in [0.29, 0.717) is 35.1 Å². The molecule has 0 unspecified atom stereocenters. The normalized spacial score (nSPS) is 10.8. The number of benzene rings is 2. The molecule has 152 valence electrons. The van der Waals surface area contributed by atoms with Gasteiger partial charge in [-0.2, -0.15) is 10.2 Å². The summed E-state index contributed by atoms with van der Waals surface area (Å²) in [5.41, 5.74) is 2.49.